The Bertz CT molecular complexity index is 402. The van der Waals surface area contributed by atoms with E-state index in [1.54, 1.807) is 31.2 Å². The number of anilines is 1. The van der Waals surface area contributed by atoms with E-state index in [0.29, 0.717) is 24.3 Å². The number of esters is 1. The van der Waals surface area contributed by atoms with Gasteiger partial charge in [-0.2, -0.15) is 0 Å². The lowest BCUT2D eigenvalue weighted by atomic mass is 10.2. The lowest BCUT2D eigenvalue weighted by Gasteiger charge is -2.04. The van der Waals surface area contributed by atoms with Crippen LogP contribution in [-0.2, 0) is 4.74 Å². The zero-order valence-corrected chi connectivity index (χ0v) is 8.62. The molecular formula is C12H13NO2. The maximum Gasteiger partial charge on any atom is 0.340 e. The summed E-state index contributed by atoms with van der Waals surface area (Å²) in [7, 11) is 0. The van der Waals surface area contributed by atoms with Crippen molar-refractivity contribution in [2.24, 2.45) is 0 Å². The molecule has 3 heteroatoms. The predicted molar refractivity (Wildman–Crippen MR) is 59.2 cm³/mol. The molecule has 2 N–H and O–H groups in total. The third kappa shape index (κ3) is 3.35. The molecule has 1 aromatic carbocycles. The molecule has 0 spiro atoms. The normalized spacial score (nSPS) is 8.87. The third-order valence-corrected chi connectivity index (χ3v) is 1.82. The van der Waals surface area contributed by atoms with Gasteiger partial charge < -0.3 is 10.5 Å². The van der Waals surface area contributed by atoms with E-state index in [4.69, 9.17) is 10.5 Å². The van der Waals surface area contributed by atoms with Crippen LogP contribution in [0.3, 0.4) is 0 Å². The monoisotopic (exact) mass is 203 g/mol. The first-order valence-corrected chi connectivity index (χ1v) is 4.67. The second kappa shape index (κ2) is 5.71. The molecule has 0 aliphatic heterocycles. The third-order valence-electron chi connectivity index (χ3n) is 1.82. The van der Waals surface area contributed by atoms with E-state index in [2.05, 4.69) is 11.8 Å². The van der Waals surface area contributed by atoms with Crippen LogP contribution in [0.1, 0.15) is 23.7 Å². The van der Waals surface area contributed by atoms with Crippen molar-refractivity contribution in [2.45, 2.75) is 13.3 Å². The van der Waals surface area contributed by atoms with Gasteiger partial charge in [-0.3, -0.25) is 0 Å². The Morgan fingerprint density at radius 3 is 2.87 bits per heavy atom. The average molecular weight is 203 g/mol. The van der Waals surface area contributed by atoms with E-state index in [-0.39, 0.29) is 0 Å². The molecule has 1 aromatic rings. The van der Waals surface area contributed by atoms with E-state index in [1.165, 1.54) is 0 Å². The number of hydrogen-bond donors (Lipinski definition) is 1. The molecule has 0 bridgehead atoms. The van der Waals surface area contributed by atoms with Crippen LogP contribution >= 0.6 is 0 Å². The number of para-hydroxylation sites is 1. The van der Waals surface area contributed by atoms with Crippen molar-refractivity contribution in [1.29, 1.82) is 0 Å². The SMILES string of the molecule is CC#CCCOC(=O)c1ccccc1N. The molecular weight excluding hydrogens is 190 g/mol. The van der Waals surface area contributed by atoms with Crippen molar-refractivity contribution in [2.75, 3.05) is 12.3 Å². The van der Waals surface area contributed by atoms with E-state index in [0.717, 1.165) is 0 Å². The van der Waals surface area contributed by atoms with Gasteiger partial charge in [0, 0.05) is 12.1 Å². The molecule has 0 saturated heterocycles. The summed E-state index contributed by atoms with van der Waals surface area (Å²) in [5.74, 6) is 5.14. The van der Waals surface area contributed by atoms with Crippen LogP contribution < -0.4 is 5.73 Å². The zero-order chi connectivity index (χ0) is 11.1. The van der Waals surface area contributed by atoms with Crippen LogP contribution in [0.5, 0.6) is 0 Å². The minimum Gasteiger partial charge on any atom is -0.461 e. The molecule has 0 atom stereocenters. The summed E-state index contributed by atoms with van der Waals surface area (Å²) in [6.45, 7) is 2.05. The second-order valence-electron chi connectivity index (χ2n) is 2.90. The number of ether oxygens (including phenoxy) is 1. The Labute approximate surface area is 89.2 Å². The van der Waals surface area contributed by atoms with Gasteiger partial charge in [-0.1, -0.05) is 12.1 Å². The van der Waals surface area contributed by atoms with Crippen molar-refractivity contribution >= 4 is 11.7 Å². The second-order valence-corrected chi connectivity index (χ2v) is 2.90. The van der Waals surface area contributed by atoms with Gasteiger partial charge in [0.1, 0.15) is 6.61 Å². The minimum atomic E-state index is -0.397. The predicted octanol–water partition coefficient (Wildman–Crippen LogP) is 1.84. The highest BCUT2D eigenvalue weighted by molar-refractivity contribution is 5.94. The molecule has 78 valence electrons. The highest BCUT2D eigenvalue weighted by Gasteiger charge is 2.09. The summed E-state index contributed by atoms with van der Waals surface area (Å²) < 4.78 is 4.99. The Hall–Kier alpha value is -1.95. The summed E-state index contributed by atoms with van der Waals surface area (Å²) in [5, 5.41) is 0. The van der Waals surface area contributed by atoms with Gasteiger partial charge in [-0.15, -0.1) is 11.8 Å². The average Bonchev–Trinajstić information content (AvgIpc) is 2.25. The maximum atomic E-state index is 11.5. The van der Waals surface area contributed by atoms with Crippen molar-refractivity contribution < 1.29 is 9.53 Å². The molecule has 3 nitrogen and oxygen atoms in total. The highest BCUT2D eigenvalue weighted by Crippen LogP contribution is 2.11. The summed E-state index contributed by atoms with van der Waals surface area (Å²) in [6.07, 6.45) is 0.551. The van der Waals surface area contributed by atoms with Crippen molar-refractivity contribution in [3.8, 4) is 11.8 Å². The van der Waals surface area contributed by atoms with Gasteiger partial charge in [0.05, 0.1) is 5.56 Å². The number of nitrogen functional groups attached to an aromatic ring is 1. The topological polar surface area (TPSA) is 52.3 Å². The molecule has 0 fully saturated rings. The Balaban J connectivity index is 2.53. The van der Waals surface area contributed by atoms with Crippen LogP contribution in [-0.4, -0.2) is 12.6 Å². The fourth-order valence-electron chi connectivity index (χ4n) is 1.08. The minimum absolute atomic E-state index is 0.300. The van der Waals surface area contributed by atoms with Crippen LogP contribution in [0.2, 0.25) is 0 Å². The van der Waals surface area contributed by atoms with Crippen molar-refractivity contribution in [1.82, 2.24) is 0 Å². The molecule has 0 aliphatic carbocycles. The lowest BCUT2D eigenvalue weighted by Crippen LogP contribution is -2.08. The van der Waals surface area contributed by atoms with E-state index in [9.17, 15) is 4.79 Å². The van der Waals surface area contributed by atoms with Gasteiger partial charge in [0.15, 0.2) is 0 Å². The molecule has 0 heterocycles. The fraction of sp³-hybridized carbons (Fsp3) is 0.250. The molecule has 0 aromatic heterocycles. The number of nitrogens with two attached hydrogens (primary N) is 1. The van der Waals surface area contributed by atoms with Gasteiger partial charge in [-0.05, 0) is 19.1 Å². The number of carbonyl (C=O) groups is 1. The Morgan fingerprint density at radius 1 is 1.47 bits per heavy atom. The molecule has 0 radical (unpaired) electrons. The summed E-state index contributed by atoms with van der Waals surface area (Å²) >= 11 is 0. The van der Waals surface area contributed by atoms with Gasteiger partial charge in [0.25, 0.3) is 0 Å². The molecule has 15 heavy (non-hydrogen) atoms. The summed E-state index contributed by atoms with van der Waals surface area (Å²) in [6, 6.07) is 6.83. The molecule has 0 amide bonds. The Kier molecular flexibility index (Phi) is 4.24. The van der Waals surface area contributed by atoms with Crippen molar-refractivity contribution in [3.63, 3.8) is 0 Å². The quantitative estimate of drug-likeness (QED) is 0.353. The Morgan fingerprint density at radius 2 is 2.20 bits per heavy atom. The van der Waals surface area contributed by atoms with Crippen LogP contribution in [0.25, 0.3) is 0 Å². The molecule has 0 unspecified atom stereocenters. The standard InChI is InChI=1S/C12H13NO2/c1-2-3-6-9-15-12(14)10-7-4-5-8-11(10)13/h4-5,7-8H,6,9,13H2,1H3. The largest absolute Gasteiger partial charge is 0.461 e. The lowest BCUT2D eigenvalue weighted by molar-refractivity contribution is 0.0515. The smallest absolute Gasteiger partial charge is 0.340 e. The van der Waals surface area contributed by atoms with Gasteiger partial charge in [-0.25, -0.2) is 4.79 Å². The number of benzene rings is 1. The first-order valence-electron chi connectivity index (χ1n) is 4.67. The highest BCUT2D eigenvalue weighted by atomic mass is 16.5. The number of carbonyl (C=O) groups excluding carboxylic acids is 1. The first kappa shape index (κ1) is 11.1. The number of rotatable bonds is 3. The zero-order valence-electron chi connectivity index (χ0n) is 8.62. The van der Waals surface area contributed by atoms with Gasteiger partial charge >= 0.3 is 5.97 Å². The van der Waals surface area contributed by atoms with Crippen LogP contribution in [0.4, 0.5) is 5.69 Å². The fourth-order valence-corrected chi connectivity index (χ4v) is 1.08. The molecule has 1 rings (SSSR count). The molecule has 0 aliphatic rings. The van der Waals surface area contributed by atoms with E-state index < -0.39 is 5.97 Å². The van der Waals surface area contributed by atoms with E-state index >= 15 is 0 Å². The van der Waals surface area contributed by atoms with E-state index in [1.807, 2.05) is 0 Å². The van der Waals surface area contributed by atoms with Gasteiger partial charge in [0.2, 0.25) is 0 Å². The van der Waals surface area contributed by atoms with Crippen LogP contribution in [0, 0.1) is 11.8 Å². The van der Waals surface area contributed by atoms with Crippen LogP contribution in [0.15, 0.2) is 24.3 Å². The number of hydrogen-bond acceptors (Lipinski definition) is 3. The molecule has 0 saturated carbocycles. The summed E-state index contributed by atoms with van der Waals surface area (Å²) in [5.41, 5.74) is 6.46. The first-order chi connectivity index (χ1) is 7.25. The van der Waals surface area contributed by atoms with Crippen molar-refractivity contribution in [3.05, 3.63) is 29.8 Å². The maximum absolute atomic E-state index is 11.5. The summed E-state index contributed by atoms with van der Waals surface area (Å²) in [4.78, 5) is 11.5.